The highest BCUT2D eigenvalue weighted by atomic mass is 19.1. The summed E-state index contributed by atoms with van der Waals surface area (Å²) in [5.41, 5.74) is 0.498. The number of phenols is 1. The van der Waals surface area contributed by atoms with E-state index in [0.29, 0.717) is 58.4 Å². The Bertz CT molecular complexity index is 1790. The van der Waals surface area contributed by atoms with Crippen LogP contribution in [0.15, 0.2) is 30.5 Å². The fraction of sp³-hybridized carbons (Fsp3) is 0.514. The van der Waals surface area contributed by atoms with Crippen molar-refractivity contribution in [3.8, 4) is 23.0 Å². The van der Waals surface area contributed by atoms with Gasteiger partial charge in [0, 0.05) is 37.8 Å². The summed E-state index contributed by atoms with van der Waals surface area (Å²) in [6, 6.07) is 6.14. The lowest BCUT2D eigenvalue weighted by molar-refractivity contribution is 0.107. The molecule has 7 nitrogen and oxygen atoms in total. The van der Waals surface area contributed by atoms with Gasteiger partial charge >= 0.3 is 6.01 Å². The van der Waals surface area contributed by atoms with Crippen molar-refractivity contribution < 1.29 is 23.0 Å². The number of halogens is 3. The number of hydrogen-bond donors (Lipinski definition) is 1. The SMILES string of the molecule is Oc1cc2c3c(c(F)ccc3c1)CCCCCC1CCCN(C1)c1nc(OCC34CCCN3CC(F)C4)nc3c(F)c-2ncc13. The molecule has 0 saturated carbocycles. The van der Waals surface area contributed by atoms with E-state index in [1.807, 2.05) is 0 Å². The van der Waals surface area contributed by atoms with Crippen molar-refractivity contribution in [3.05, 3.63) is 47.7 Å². The first kappa shape index (κ1) is 28.8. The highest BCUT2D eigenvalue weighted by Crippen LogP contribution is 2.42. The monoisotopic (exact) mass is 617 g/mol. The van der Waals surface area contributed by atoms with Crippen molar-refractivity contribution in [2.75, 3.05) is 37.7 Å². The van der Waals surface area contributed by atoms with Crippen molar-refractivity contribution in [2.45, 2.75) is 75.9 Å². The fourth-order valence-corrected chi connectivity index (χ4v) is 8.50. The van der Waals surface area contributed by atoms with E-state index < -0.39 is 17.5 Å². The summed E-state index contributed by atoms with van der Waals surface area (Å²) in [7, 11) is 0. The Morgan fingerprint density at radius 1 is 1.00 bits per heavy atom. The van der Waals surface area contributed by atoms with Crippen LogP contribution in [0.5, 0.6) is 11.8 Å². The van der Waals surface area contributed by atoms with Crippen LogP contribution in [0, 0.1) is 17.6 Å². The first-order chi connectivity index (χ1) is 21.9. The number of nitrogens with zero attached hydrogens (tertiary/aromatic N) is 5. The second-order valence-corrected chi connectivity index (χ2v) is 13.5. The van der Waals surface area contributed by atoms with Crippen LogP contribution in [-0.4, -0.2) is 69.5 Å². The molecule has 9 rings (SSSR count). The van der Waals surface area contributed by atoms with Crippen molar-refractivity contribution in [2.24, 2.45) is 5.92 Å². The van der Waals surface area contributed by atoms with Gasteiger partial charge in [-0.15, -0.1) is 0 Å². The minimum absolute atomic E-state index is 0.00825. The summed E-state index contributed by atoms with van der Waals surface area (Å²) in [6.45, 7) is 3.06. The predicted molar refractivity (Wildman–Crippen MR) is 168 cm³/mol. The zero-order valence-electron chi connectivity index (χ0n) is 25.4. The molecule has 45 heavy (non-hydrogen) atoms. The van der Waals surface area contributed by atoms with Crippen molar-refractivity contribution >= 4 is 27.5 Å². The Morgan fingerprint density at radius 2 is 1.89 bits per heavy atom. The van der Waals surface area contributed by atoms with Crippen LogP contribution in [0.3, 0.4) is 0 Å². The Balaban J connectivity index is 1.30. The molecule has 236 valence electrons. The van der Waals surface area contributed by atoms with Gasteiger partial charge in [0.05, 0.1) is 10.9 Å². The number of aryl methyl sites for hydroxylation is 1. The van der Waals surface area contributed by atoms with E-state index in [1.165, 1.54) is 12.1 Å². The van der Waals surface area contributed by atoms with E-state index in [2.05, 4.69) is 19.8 Å². The smallest absolute Gasteiger partial charge is 0.319 e. The number of aromatic nitrogens is 3. The molecule has 1 N–H and O–H groups in total. The van der Waals surface area contributed by atoms with E-state index in [-0.39, 0.29) is 35.4 Å². The Morgan fingerprint density at radius 3 is 2.80 bits per heavy atom. The molecule has 0 aliphatic carbocycles. The number of benzene rings is 2. The van der Waals surface area contributed by atoms with Crippen LogP contribution in [0.25, 0.3) is 32.9 Å². The molecule has 2 aromatic carbocycles. The molecule has 2 aromatic heterocycles. The molecule has 3 unspecified atom stereocenters. The quantitative estimate of drug-likeness (QED) is 0.263. The summed E-state index contributed by atoms with van der Waals surface area (Å²) in [4.78, 5) is 18.4. The van der Waals surface area contributed by atoms with Gasteiger partial charge in [0.2, 0.25) is 0 Å². The first-order valence-electron chi connectivity index (χ1n) is 16.5. The molecule has 5 aliphatic rings. The second-order valence-electron chi connectivity index (χ2n) is 13.5. The van der Waals surface area contributed by atoms with Crippen molar-refractivity contribution in [3.63, 3.8) is 0 Å². The highest BCUT2D eigenvalue weighted by molar-refractivity contribution is 6.01. The summed E-state index contributed by atoms with van der Waals surface area (Å²) in [5, 5.41) is 12.3. The number of alkyl halides is 1. The van der Waals surface area contributed by atoms with Crippen LogP contribution in [-0.2, 0) is 6.42 Å². The molecule has 7 heterocycles. The van der Waals surface area contributed by atoms with E-state index in [0.717, 1.165) is 71.0 Å². The van der Waals surface area contributed by atoms with Crippen LogP contribution >= 0.6 is 0 Å². The molecule has 6 bridgehead atoms. The van der Waals surface area contributed by atoms with Crippen LogP contribution in [0.4, 0.5) is 19.0 Å². The summed E-state index contributed by atoms with van der Waals surface area (Å²) in [6.07, 6.45) is 9.44. The Labute approximate surface area is 260 Å². The molecule has 3 saturated heterocycles. The average molecular weight is 618 g/mol. The number of rotatable bonds is 3. The lowest BCUT2D eigenvalue weighted by Crippen LogP contribution is -2.43. The lowest BCUT2D eigenvalue weighted by Gasteiger charge is -2.34. The number of hydrogen-bond acceptors (Lipinski definition) is 7. The normalized spacial score (nSPS) is 25.4. The molecule has 10 heteroatoms. The Hall–Kier alpha value is -3.66. The van der Waals surface area contributed by atoms with Crippen LogP contribution in [0.1, 0.15) is 63.4 Å². The van der Waals surface area contributed by atoms with E-state index >= 15 is 8.78 Å². The summed E-state index contributed by atoms with van der Waals surface area (Å²) in [5.74, 6) is -0.0156. The molecule has 5 aliphatic heterocycles. The molecule has 0 radical (unpaired) electrons. The predicted octanol–water partition coefficient (Wildman–Crippen LogP) is 7.12. The molecule has 3 fully saturated rings. The standard InChI is InChI=1S/C35H38F3N5O2/c36-23-16-35(11-5-13-43(35)19-23)20-45-34-40-32-27-17-39-31(30(32)38)26-15-24(44)14-22-9-10-28(37)25(29(22)26)8-3-1-2-6-21-7-4-12-42(18-21)33(27)41-34/h9-10,14-15,17,21,23,44H,1-8,11-13,16,18-20H2. The molecule has 4 aromatic rings. The van der Waals surface area contributed by atoms with Gasteiger partial charge in [0.15, 0.2) is 5.82 Å². The maximum atomic E-state index is 16.9. The number of anilines is 1. The molecule has 0 amide bonds. The fourth-order valence-electron chi connectivity index (χ4n) is 8.50. The maximum Gasteiger partial charge on any atom is 0.319 e. The number of piperidine rings is 1. The number of phenolic OH excluding ortho intramolecular Hbond substituents is 1. The zero-order chi connectivity index (χ0) is 30.7. The van der Waals surface area contributed by atoms with E-state index in [4.69, 9.17) is 9.72 Å². The van der Waals surface area contributed by atoms with Gasteiger partial charge in [0.25, 0.3) is 0 Å². The summed E-state index contributed by atoms with van der Waals surface area (Å²) < 4.78 is 53.0. The van der Waals surface area contributed by atoms with Gasteiger partial charge in [-0.05, 0) is 91.9 Å². The van der Waals surface area contributed by atoms with Crippen LogP contribution < -0.4 is 9.64 Å². The number of ether oxygens (including phenoxy) is 1. The third-order valence-corrected chi connectivity index (χ3v) is 10.6. The zero-order valence-corrected chi connectivity index (χ0v) is 25.4. The number of aromatic hydroxyl groups is 1. The number of pyridine rings is 1. The average Bonchev–Trinajstić information content (AvgIpc) is 3.56. The third-order valence-electron chi connectivity index (χ3n) is 10.6. The van der Waals surface area contributed by atoms with Crippen molar-refractivity contribution in [1.82, 2.24) is 19.9 Å². The Kier molecular flexibility index (Phi) is 7.23. The molecular weight excluding hydrogens is 579 g/mol. The number of fused-ring (bicyclic) bond motifs is 6. The van der Waals surface area contributed by atoms with Gasteiger partial charge in [-0.25, -0.2) is 13.2 Å². The van der Waals surface area contributed by atoms with Gasteiger partial charge in [-0.3, -0.25) is 9.88 Å². The minimum Gasteiger partial charge on any atom is -0.508 e. The molecule has 0 spiro atoms. The van der Waals surface area contributed by atoms with E-state index in [9.17, 15) is 9.50 Å². The maximum absolute atomic E-state index is 16.9. The largest absolute Gasteiger partial charge is 0.508 e. The molecular formula is C35H38F3N5O2. The van der Waals surface area contributed by atoms with Crippen molar-refractivity contribution in [1.29, 1.82) is 0 Å². The summed E-state index contributed by atoms with van der Waals surface area (Å²) >= 11 is 0. The topological polar surface area (TPSA) is 74.6 Å². The van der Waals surface area contributed by atoms with Gasteiger partial charge < -0.3 is 14.7 Å². The lowest BCUT2D eigenvalue weighted by atomic mass is 9.90. The van der Waals surface area contributed by atoms with Gasteiger partial charge in [0.1, 0.15) is 41.4 Å². The molecule has 3 atom stereocenters. The minimum atomic E-state index is -0.892. The van der Waals surface area contributed by atoms with Gasteiger partial charge in [-0.1, -0.05) is 18.9 Å². The first-order valence-corrected chi connectivity index (χ1v) is 16.5. The second kappa shape index (κ2) is 11.3. The van der Waals surface area contributed by atoms with E-state index in [1.54, 1.807) is 18.3 Å². The highest BCUT2D eigenvalue weighted by Gasteiger charge is 2.49. The van der Waals surface area contributed by atoms with Gasteiger partial charge in [-0.2, -0.15) is 9.97 Å². The van der Waals surface area contributed by atoms with Crippen LogP contribution in [0.2, 0.25) is 0 Å². The third kappa shape index (κ3) is 5.05.